The normalized spacial score (nSPS) is 21.1. The van der Waals surface area contributed by atoms with Gasteiger partial charge in [-0.2, -0.15) is 4.31 Å². The van der Waals surface area contributed by atoms with Crippen LogP contribution in [-0.2, 0) is 14.8 Å². The second-order valence-electron chi connectivity index (χ2n) is 5.00. The zero-order valence-corrected chi connectivity index (χ0v) is 12.5. The molecule has 0 bridgehead atoms. The van der Waals surface area contributed by atoms with Gasteiger partial charge in [-0.3, -0.25) is 0 Å². The van der Waals surface area contributed by atoms with E-state index in [0.29, 0.717) is 17.9 Å². The molecule has 1 aromatic rings. The lowest BCUT2D eigenvalue weighted by Crippen LogP contribution is -2.50. The van der Waals surface area contributed by atoms with Crippen LogP contribution < -0.4 is 5.73 Å². The van der Waals surface area contributed by atoms with Crippen molar-refractivity contribution in [1.82, 2.24) is 4.31 Å². The molecule has 1 aromatic carbocycles. The summed E-state index contributed by atoms with van der Waals surface area (Å²) in [7, 11) is -3.69. The van der Waals surface area contributed by atoms with Crippen molar-refractivity contribution in [2.24, 2.45) is 0 Å². The zero-order valence-electron chi connectivity index (χ0n) is 11.7. The van der Waals surface area contributed by atoms with Crippen LogP contribution in [0.15, 0.2) is 17.0 Å². The molecule has 1 aliphatic rings. The first-order valence-electron chi connectivity index (χ1n) is 6.45. The molecule has 1 aliphatic heterocycles. The van der Waals surface area contributed by atoms with Crippen molar-refractivity contribution >= 4 is 15.7 Å². The fraction of sp³-hybridized carbons (Fsp3) is 0.538. The van der Waals surface area contributed by atoms with E-state index in [9.17, 15) is 13.5 Å². The summed E-state index contributed by atoms with van der Waals surface area (Å²) >= 11 is 0. The third-order valence-electron chi connectivity index (χ3n) is 3.52. The summed E-state index contributed by atoms with van der Waals surface area (Å²) in [6.45, 7) is 4.00. The minimum Gasteiger partial charge on any atom is -0.398 e. The molecule has 1 unspecified atom stereocenters. The van der Waals surface area contributed by atoms with E-state index in [0.717, 1.165) is 5.56 Å². The Bertz CT molecular complexity index is 601. The Morgan fingerprint density at radius 1 is 1.45 bits per heavy atom. The molecule has 7 heteroatoms. The highest BCUT2D eigenvalue weighted by Crippen LogP contribution is 2.27. The summed E-state index contributed by atoms with van der Waals surface area (Å²) in [6.07, 6.45) is 0. The zero-order chi connectivity index (χ0) is 14.9. The highest BCUT2D eigenvalue weighted by Gasteiger charge is 2.34. The van der Waals surface area contributed by atoms with Gasteiger partial charge in [0, 0.05) is 12.2 Å². The number of morpholine rings is 1. The molecule has 1 atom stereocenters. The topological polar surface area (TPSA) is 92.9 Å². The first-order valence-corrected chi connectivity index (χ1v) is 7.89. The molecule has 20 heavy (non-hydrogen) atoms. The van der Waals surface area contributed by atoms with E-state index in [1.165, 1.54) is 4.31 Å². The number of hydrogen-bond donors (Lipinski definition) is 2. The van der Waals surface area contributed by atoms with Gasteiger partial charge in [0.1, 0.15) is 0 Å². The lowest BCUT2D eigenvalue weighted by molar-refractivity contribution is 0.0109. The van der Waals surface area contributed by atoms with Crippen molar-refractivity contribution in [3.8, 4) is 0 Å². The standard InChI is InChI=1S/C13H20N2O4S/c1-9-5-12(14)10(2)13(6-9)20(17,18)15-3-4-19-8-11(15)7-16/h5-6,11,16H,3-4,7-8,14H2,1-2H3. The van der Waals surface area contributed by atoms with Crippen LogP contribution in [0.4, 0.5) is 5.69 Å². The highest BCUT2D eigenvalue weighted by molar-refractivity contribution is 7.89. The number of aliphatic hydroxyl groups excluding tert-OH is 1. The van der Waals surface area contributed by atoms with Crippen LogP contribution in [0.3, 0.4) is 0 Å². The van der Waals surface area contributed by atoms with Crippen molar-refractivity contribution in [3.63, 3.8) is 0 Å². The van der Waals surface area contributed by atoms with E-state index in [1.54, 1.807) is 26.0 Å². The Morgan fingerprint density at radius 3 is 2.80 bits per heavy atom. The van der Waals surface area contributed by atoms with E-state index in [4.69, 9.17) is 10.5 Å². The van der Waals surface area contributed by atoms with E-state index in [1.807, 2.05) is 0 Å². The van der Waals surface area contributed by atoms with Crippen LogP contribution in [0.2, 0.25) is 0 Å². The molecule has 0 saturated carbocycles. The maximum atomic E-state index is 12.8. The lowest BCUT2D eigenvalue weighted by atomic mass is 10.1. The Balaban J connectivity index is 2.49. The molecule has 1 saturated heterocycles. The summed E-state index contributed by atoms with van der Waals surface area (Å²) in [6, 6.07) is 2.82. The van der Waals surface area contributed by atoms with Gasteiger partial charge in [0.05, 0.1) is 30.8 Å². The second kappa shape index (κ2) is 5.69. The van der Waals surface area contributed by atoms with E-state index in [2.05, 4.69) is 0 Å². The number of aryl methyl sites for hydroxylation is 1. The van der Waals surface area contributed by atoms with Gasteiger partial charge >= 0.3 is 0 Å². The molecule has 0 amide bonds. The third kappa shape index (κ3) is 2.67. The molecule has 2 rings (SSSR count). The predicted molar refractivity (Wildman–Crippen MR) is 75.9 cm³/mol. The summed E-state index contributed by atoms with van der Waals surface area (Å²) in [5, 5.41) is 9.34. The molecule has 0 aromatic heterocycles. The molecule has 6 nitrogen and oxygen atoms in total. The van der Waals surface area contributed by atoms with Crippen molar-refractivity contribution in [2.45, 2.75) is 24.8 Å². The number of aliphatic hydroxyl groups is 1. The molecular formula is C13H20N2O4S. The molecule has 0 radical (unpaired) electrons. The van der Waals surface area contributed by atoms with Crippen molar-refractivity contribution in [2.75, 3.05) is 32.1 Å². The van der Waals surface area contributed by atoms with Crippen LogP contribution in [0.5, 0.6) is 0 Å². The van der Waals surface area contributed by atoms with Crippen LogP contribution in [0.1, 0.15) is 11.1 Å². The number of hydrogen-bond acceptors (Lipinski definition) is 5. The molecular weight excluding hydrogens is 280 g/mol. The number of rotatable bonds is 3. The van der Waals surface area contributed by atoms with Crippen molar-refractivity contribution < 1.29 is 18.3 Å². The van der Waals surface area contributed by atoms with Gasteiger partial charge in [-0.25, -0.2) is 8.42 Å². The van der Waals surface area contributed by atoms with Gasteiger partial charge < -0.3 is 15.6 Å². The number of sulfonamides is 1. The predicted octanol–water partition coefficient (Wildman–Crippen LogP) is 0.267. The van der Waals surface area contributed by atoms with Crippen LogP contribution in [0.25, 0.3) is 0 Å². The highest BCUT2D eigenvalue weighted by atomic mass is 32.2. The summed E-state index contributed by atoms with van der Waals surface area (Å²) in [5.74, 6) is 0. The van der Waals surface area contributed by atoms with Gasteiger partial charge in [0.2, 0.25) is 10.0 Å². The molecule has 3 N–H and O–H groups in total. The summed E-state index contributed by atoms with van der Waals surface area (Å²) in [5.41, 5.74) is 7.65. The van der Waals surface area contributed by atoms with Gasteiger partial charge in [-0.05, 0) is 37.1 Å². The summed E-state index contributed by atoms with van der Waals surface area (Å²) in [4.78, 5) is 0.204. The average Bonchev–Trinajstić information content (AvgIpc) is 2.42. The van der Waals surface area contributed by atoms with E-state index in [-0.39, 0.29) is 24.7 Å². The Labute approximate surface area is 119 Å². The monoisotopic (exact) mass is 300 g/mol. The minimum absolute atomic E-state index is 0.204. The molecule has 0 aliphatic carbocycles. The van der Waals surface area contributed by atoms with Crippen LogP contribution in [0, 0.1) is 13.8 Å². The maximum absolute atomic E-state index is 12.8. The van der Waals surface area contributed by atoms with Gasteiger partial charge in [-0.15, -0.1) is 0 Å². The fourth-order valence-corrected chi connectivity index (χ4v) is 4.27. The van der Waals surface area contributed by atoms with E-state index >= 15 is 0 Å². The Kier molecular flexibility index (Phi) is 4.33. The number of nitrogens with zero attached hydrogens (tertiary/aromatic N) is 1. The smallest absolute Gasteiger partial charge is 0.243 e. The Morgan fingerprint density at radius 2 is 2.15 bits per heavy atom. The molecule has 1 heterocycles. The second-order valence-corrected chi connectivity index (χ2v) is 6.86. The first kappa shape index (κ1) is 15.2. The maximum Gasteiger partial charge on any atom is 0.243 e. The summed E-state index contributed by atoms with van der Waals surface area (Å²) < 4.78 is 32.1. The van der Waals surface area contributed by atoms with Crippen molar-refractivity contribution in [3.05, 3.63) is 23.3 Å². The third-order valence-corrected chi connectivity index (χ3v) is 5.59. The average molecular weight is 300 g/mol. The van der Waals surface area contributed by atoms with E-state index < -0.39 is 16.1 Å². The number of anilines is 1. The van der Waals surface area contributed by atoms with Gasteiger partial charge in [0.25, 0.3) is 0 Å². The molecule has 112 valence electrons. The number of nitrogen functional groups attached to an aromatic ring is 1. The molecule has 0 spiro atoms. The number of nitrogens with two attached hydrogens (primary N) is 1. The fourth-order valence-electron chi connectivity index (χ4n) is 2.35. The quantitative estimate of drug-likeness (QED) is 0.782. The SMILES string of the molecule is Cc1cc(N)c(C)c(S(=O)(=O)N2CCOCC2CO)c1. The molecule has 1 fully saturated rings. The van der Waals surface area contributed by atoms with Crippen LogP contribution in [-0.4, -0.2) is 50.2 Å². The minimum atomic E-state index is -3.69. The van der Waals surface area contributed by atoms with Crippen molar-refractivity contribution in [1.29, 1.82) is 0 Å². The largest absolute Gasteiger partial charge is 0.398 e. The van der Waals surface area contributed by atoms with Gasteiger partial charge in [-0.1, -0.05) is 0 Å². The number of benzene rings is 1. The first-order chi connectivity index (χ1) is 9.37. The van der Waals surface area contributed by atoms with Crippen LogP contribution >= 0.6 is 0 Å². The van der Waals surface area contributed by atoms with Gasteiger partial charge in [0.15, 0.2) is 0 Å². The Hall–Kier alpha value is -1.15. The lowest BCUT2D eigenvalue weighted by Gasteiger charge is -2.33. The number of ether oxygens (including phenoxy) is 1.